The van der Waals surface area contributed by atoms with Crippen LogP contribution in [0.1, 0.15) is 0 Å². The number of carbonyl (C=O) groups is 2. The van der Waals surface area contributed by atoms with Crippen molar-refractivity contribution in [1.82, 2.24) is 0 Å². The Morgan fingerprint density at radius 1 is 1.10 bits per heavy atom. The predicted octanol–water partition coefficient (Wildman–Crippen LogP) is 0.807. The molecule has 0 aromatic heterocycles. The quantitative estimate of drug-likeness (QED) is 0.363. The number of hydrogen-bond donors (Lipinski definition) is 0. The first kappa shape index (κ1) is 6.68. The van der Waals surface area contributed by atoms with Crippen molar-refractivity contribution in [3.05, 3.63) is 36.5 Å². The van der Waals surface area contributed by atoms with Gasteiger partial charge in [-0.25, -0.2) is 0 Å². The first-order chi connectivity index (χ1) is 4.63. The predicted molar refractivity (Wildman–Crippen MR) is 37.4 cm³/mol. The average molecular weight is 134 g/mol. The smallest absolute Gasteiger partial charge is 0.232 e. The second kappa shape index (κ2) is 2.06. The second-order valence-electron chi connectivity index (χ2n) is 2.03. The van der Waals surface area contributed by atoms with Crippen LogP contribution >= 0.6 is 0 Å². The summed E-state index contributed by atoms with van der Waals surface area (Å²) in [4.78, 5) is 21.4. The van der Waals surface area contributed by atoms with Gasteiger partial charge >= 0.3 is 0 Å². The van der Waals surface area contributed by atoms with Crippen molar-refractivity contribution in [2.45, 2.75) is 0 Å². The van der Waals surface area contributed by atoms with Crippen molar-refractivity contribution in [2.24, 2.45) is 0 Å². The highest BCUT2D eigenvalue weighted by atomic mass is 16.2. The molecule has 0 amide bonds. The SMILES string of the molecule is C=C1C=CC(=O)C(=O)C1=C. The molecular weight excluding hydrogens is 128 g/mol. The van der Waals surface area contributed by atoms with Gasteiger partial charge in [0.2, 0.25) is 11.6 Å². The summed E-state index contributed by atoms with van der Waals surface area (Å²) in [7, 11) is 0. The summed E-state index contributed by atoms with van der Waals surface area (Å²) in [5.74, 6) is -1.06. The second-order valence-corrected chi connectivity index (χ2v) is 2.03. The van der Waals surface area contributed by atoms with Crippen molar-refractivity contribution in [1.29, 1.82) is 0 Å². The normalized spacial score (nSPS) is 18.4. The van der Waals surface area contributed by atoms with Crippen molar-refractivity contribution in [3.63, 3.8) is 0 Å². The van der Waals surface area contributed by atoms with E-state index in [2.05, 4.69) is 13.2 Å². The zero-order valence-electron chi connectivity index (χ0n) is 5.39. The molecule has 10 heavy (non-hydrogen) atoms. The monoisotopic (exact) mass is 134 g/mol. The summed E-state index contributed by atoms with van der Waals surface area (Å²) in [6.45, 7) is 6.93. The van der Waals surface area contributed by atoms with Crippen LogP contribution in [0.15, 0.2) is 36.5 Å². The van der Waals surface area contributed by atoms with E-state index in [1.807, 2.05) is 0 Å². The van der Waals surface area contributed by atoms with Crippen LogP contribution in [-0.2, 0) is 9.59 Å². The molecular formula is C8H6O2. The van der Waals surface area contributed by atoms with Crippen LogP contribution in [-0.4, -0.2) is 11.6 Å². The van der Waals surface area contributed by atoms with E-state index < -0.39 is 11.6 Å². The lowest BCUT2D eigenvalue weighted by atomic mass is 9.96. The molecule has 2 heteroatoms. The molecule has 0 aliphatic heterocycles. The van der Waals surface area contributed by atoms with E-state index in [0.717, 1.165) is 0 Å². The Morgan fingerprint density at radius 2 is 1.70 bits per heavy atom. The Balaban J connectivity index is 3.13. The molecule has 0 unspecified atom stereocenters. The molecule has 1 aliphatic rings. The summed E-state index contributed by atoms with van der Waals surface area (Å²) >= 11 is 0. The number of carbonyl (C=O) groups excluding carboxylic acids is 2. The highest BCUT2D eigenvalue weighted by molar-refractivity contribution is 6.49. The van der Waals surface area contributed by atoms with E-state index >= 15 is 0 Å². The van der Waals surface area contributed by atoms with Crippen molar-refractivity contribution < 1.29 is 9.59 Å². The molecule has 1 aliphatic carbocycles. The zero-order chi connectivity index (χ0) is 7.72. The zero-order valence-corrected chi connectivity index (χ0v) is 5.39. The molecule has 0 aromatic carbocycles. The summed E-state index contributed by atoms with van der Waals surface area (Å²) in [5, 5.41) is 0. The minimum atomic E-state index is -0.549. The number of rotatable bonds is 0. The van der Waals surface area contributed by atoms with Crippen molar-refractivity contribution in [3.8, 4) is 0 Å². The van der Waals surface area contributed by atoms with Gasteiger partial charge in [0.15, 0.2) is 0 Å². The van der Waals surface area contributed by atoms with Gasteiger partial charge in [0, 0.05) is 5.57 Å². The molecule has 0 aromatic rings. The molecule has 0 fully saturated rings. The van der Waals surface area contributed by atoms with Crippen LogP contribution in [0.25, 0.3) is 0 Å². The molecule has 2 nitrogen and oxygen atoms in total. The van der Waals surface area contributed by atoms with Gasteiger partial charge in [0.1, 0.15) is 0 Å². The van der Waals surface area contributed by atoms with Crippen molar-refractivity contribution >= 4 is 11.6 Å². The molecule has 0 N–H and O–H groups in total. The van der Waals surface area contributed by atoms with Crippen LogP contribution < -0.4 is 0 Å². The maximum absolute atomic E-state index is 10.8. The summed E-state index contributed by atoms with van der Waals surface area (Å²) in [6.07, 6.45) is 2.70. The third-order valence-corrected chi connectivity index (χ3v) is 1.32. The van der Waals surface area contributed by atoms with Gasteiger partial charge in [-0.1, -0.05) is 19.2 Å². The van der Waals surface area contributed by atoms with Crippen LogP contribution in [0.5, 0.6) is 0 Å². The summed E-state index contributed by atoms with van der Waals surface area (Å²) in [6, 6.07) is 0. The number of hydrogen-bond acceptors (Lipinski definition) is 2. The first-order valence-electron chi connectivity index (χ1n) is 2.78. The van der Waals surface area contributed by atoms with E-state index in [4.69, 9.17) is 0 Å². The number of Topliss-reactive ketones (excluding diaryl/α,β-unsaturated/α-hetero) is 1. The molecule has 0 spiro atoms. The minimum absolute atomic E-state index is 0.201. The third-order valence-electron chi connectivity index (χ3n) is 1.32. The Morgan fingerprint density at radius 3 is 2.20 bits per heavy atom. The molecule has 50 valence electrons. The maximum Gasteiger partial charge on any atom is 0.232 e. The maximum atomic E-state index is 10.8. The molecule has 1 rings (SSSR count). The van der Waals surface area contributed by atoms with Gasteiger partial charge in [-0.15, -0.1) is 0 Å². The van der Waals surface area contributed by atoms with Crippen LogP contribution in [0.2, 0.25) is 0 Å². The van der Waals surface area contributed by atoms with E-state index in [1.165, 1.54) is 12.2 Å². The van der Waals surface area contributed by atoms with Gasteiger partial charge in [-0.3, -0.25) is 9.59 Å². The Kier molecular flexibility index (Phi) is 1.38. The number of allylic oxidation sites excluding steroid dienone is 4. The third kappa shape index (κ3) is 0.838. The molecule has 0 saturated heterocycles. The van der Waals surface area contributed by atoms with Gasteiger partial charge in [0.05, 0.1) is 0 Å². The lowest BCUT2D eigenvalue weighted by Gasteiger charge is -2.05. The summed E-state index contributed by atoms with van der Waals surface area (Å²) in [5.41, 5.74) is 0.720. The van der Waals surface area contributed by atoms with E-state index in [9.17, 15) is 9.59 Å². The van der Waals surface area contributed by atoms with Crippen molar-refractivity contribution in [2.75, 3.05) is 0 Å². The topological polar surface area (TPSA) is 34.1 Å². The van der Waals surface area contributed by atoms with Gasteiger partial charge in [-0.2, -0.15) is 0 Å². The largest absolute Gasteiger partial charge is 0.286 e. The van der Waals surface area contributed by atoms with E-state index in [1.54, 1.807) is 0 Å². The van der Waals surface area contributed by atoms with Crippen LogP contribution in [0, 0.1) is 0 Å². The van der Waals surface area contributed by atoms with E-state index in [-0.39, 0.29) is 5.57 Å². The standard InChI is InChI=1S/C8H6O2/c1-5-3-4-7(9)8(10)6(5)2/h3-4H,1-2H2. The fourth-order valence-electron chi connectivity index (χ4n) is 0.647. The van der Waals surface area contributed by atoms with Crippen LogP contribution in [0.3, 0.4) is 0 Å². The fraction of sp³-hybridized carbons (Fsp3) is 0. The average Bonchev–Trinajstić information content (AvgIpc) is 1.93. The highest BCUT2D eigenvalue weighted by Crippen LogP contribution is 2.13. The molecule has 0 bridgehead atoms. The van der Waals surface area contributed by atoms with Gasteiger partial charge < -0.3 is 0 Å². The Bertz CT molecular complexity index is 241. The number of ketones is 2. The Labute approximate surface area is 58.5 Å². The van der Waals surface area contributed by atoms with E-state index in [0.29, 0.717) is 5.57 Å². The fourth-order valence-corrected chi connectivity index (χ4v) is 0.647. The highest BCUT2D eigenvalue weighted by Gasteiger charge is 2.19. The molecule has 0 atom stereocenters. The van der Waals surface area contributed by atoms with Gasteiger partial charge in [-0.05, 0) is 11.6 Å². The van der Waals surface area contributed by atoms with Gasteiger partial charge in [0.25, 0.3) is 0 Å². The summed E-state index contributed by atoms with van der Waals surface area (Å²) < 4.78 is 0. The molecule has 0 saturated carbocycles. The first-order valence-corrected chi connectivity index (χ1v) is 2.78. The Hall–Kier alpha value is -1.44. The van der Waals surface area contributed by atoms with Crippen LogP contribution in [0.4, 0.5) is 0 Å². The lowest BCUT2D eigenvalue weighted by molar-refractivity contribution is -0.131. The minimum Gasteiger partial charge on any atom is -0.286 e. The molecule has 0 heterocycles. The molecule has 0 radical (unpaired) electrons. The lowest BCUT2D eigenvalue weighted by Crippen LogP contribution is -2.17.